The van der Waals surface area contributed by atoms with Crippen LogP contribution in [0.5, 0.6) is 0 Å². The van der Waals surface area contributed by atoms with Crippen LogP contribution in [0.1, 0.15) is 37.1 Å². The fourth-order valence-corrected chi connectivity index (χ4v) is 4.22. The van der Waals surface area contributed by atoms with Gasteiger partial charge in [-0.15, -0.1) is 11.3 Å². The lowest BCUT2D eigenvalue weighted by atomic mass is 10.0. The van der Waals surface area contributed by atoms with Crippen molar-refractivity contribution in [1.82, 2.24) is 15.2 Å². The standard InChI is InChI=1S/C20H27N3O2S/c1-4-25-12-17(22-20(24)18-6-5-11-23(18)3)15-7-9-16(10-8-15)19-14(2)21-13-26-19/h7-10,13,17-18H,4-6,11-12H2,1-3H3,(H,22,24). The third kappa shape index (κ3) is 4.31. The van der Waals surface area contributed by atoms with Crippen LogP contribution in [0.15, 0.2) is 29.8 Å². The van der Waals surface area contributed by atoms with E-state index in [1.807, 2.05) is 26.4 Å². The Balaban J connectivity index is 1.74. The largest absolute Gasteiger partial charge is 0.379 e. The van der Waals surface area contributed by atoms with Crippen molar-refractivity contribution in [2.75, 3.05) is 26.8 Å². The molecule has 1 aromatic carbocycles. The number of hydrogen-bond donors (Lipinski definition) is 1. The Morgan fingerprint density at radius 2 is 2.19 bits per heavy atom. The zero-order valence-corrected chi connectivity index (χ0v) is 16.5. The van der Waals surface area contributed by atoms with E-state index in [1.165, 1.54) is 4.88 Å². The minimum absolute atomic E-state index is 0.0294. The third-order valence-electron chi connectivity index (χ3n) is 4.95. The molecule has 6 heteroatoms. The topological polar surface area (TPSA) is 54.5 Å². The van der Waals surface area contributed by atoms with Crippen LogP contribution in [-0.2, 0) is 9.53 Å². The Bertz CT molecular complexity index is 729. The van der Waals surface area contributed by atoms with Crippen LogP contribution >= 0.6 is 11.3 Å². The number of benzene rings is 1. The summed E-state index contributed by atoms with van der Waals surface area (Å²) >= 11 is 1.65. The van der Waals surface area contributed by atoms with Crippen LogP contribution in [0.25, 0.3) is 10.4 Å². The molecule has 0 bridgehead atoms. The van der Waals surface area contributed by atoms with Gasteiger partial charge in [0.15, 0.2) is 0 Å². The van der Waals surface area contributed by atoms with Gasteiger partial charge in [0, 0.05) is 6.61 Å². The molecule has 2 aromatic rings. The normalized spacial score (nSPS) is 18.8. The molecule has 1 fully saturated rings. The molecule has 0 aliphatic carbocycles. The van der Waals surface area contributed by atoms with E-state index in [2.05, 4.69) is 39.5 Å². The van der Waals surface area contributed by atoms with Crippen molar-refractivity contribution in [2.45, 2.75) is 38.8 Å². The Morgan fingerprint density at radius 1 is 1.42 bits per heavy atom. The van der Waals surface area contributed by atoms with Crippen LogP contribution in [-0.4, -0.2) is 48.6 Å². The molecule has 0 radical (unpaired) electrons. The highest BCUT2D eigenvalue weighted by atomic mass is 32.1. The first-order valence-electron chi connectivity index (χ1n) is 9.19. The van der Waals surface area contributed by atoms with E-state index < -0.39 is 0 Å². The first-order valence-corrected chi connectivity index (χ1v) is 10.1. The number of hydrogen-bond acceptors (Lipinski definition) is 5. The van der Waals surface area contributed by atoms with Gasteiger partial charge in [0.05, 0.1) is 34.8 Å². The molecule has 2 atom stereocenters. The monoisotopic (exact) mass is 373 g/mol. The Kier molecular flexibility index (Phi) is 6.40. The first-order chi connectivity index (χ1) is 12.6. The maximum Gasteiger partial charge on any atom is 0.237 e. The summed E-state index contributed by atoms with van der Waals surface area (Å²) in [6, 6.07) is 8.20. The van der Waals surface area contributed by atoms with E-state index in [4.69, 9.17) is 4.74 Å². The summed E-state index contributed by atoms with van der Waals surface area (Å²) in [6.45, 7) is 6.10. The fraction of sp³-hybridized carbons (Fsp3) is 0.500. The molecule has 0 spiro atoms. The van der Waals surface area contributed by atoms with Crippen LogP contribution in [0.4, 0.5) is 0 Å². The van der Waals surface area contributed by atoms with Gasteiger partial charge in [0.2, 0.25) is 5.91 Å². The van der Waals surface area contributed by atoms with Crippen LogP contribution in [0.3, 0.4) is 0 Å². The molecule has 1 aliphatic heterocycles. The van der Waals surface area contributed by atoms with E-state index in [0.717, 1.165) is 36.2 Å². The number of likely N-dealkylation sites (N-methyl/N-ethyl adjacent to an activating group) is 1. The second-order valence-electron chi connectivity index (χ2n) is 6.75. The molecular formula is C20H27N3O2S. The zero-order chi connectivity index (χ0) is 18.5. The second-order valence-corrected chi connectivity index (χ2v) is 7.60. The van der Waals surface area contributed by atoms with Crippen LogP contribution < -0.4 is 5.32 Å². The van der Waals surface area contributed by atoms with Gasteiger partial charge in [-0.1, -0.05) is 24.3 Å². The molecule has 3 rings (SSSR count). The highest BCUT2D eigenvalue weighted by molar-refractivity contribution is 7.13. The van der Waals surface area contributed by atoms with E-state index in [-0.39, 0.29) is 18.0 Å². The molecule has 140 valence electrons. The smallest absolute Gasteiger partial charge is 0.237 e. The van der Waals surface area contributed by atoms with Crippen LogP contribution in [0.2, 0.25) is 0 Å². The molecule has 1 amide bonds. The third-order valence-corrected chi connectivity index (χ3v) is 5.93. The van der Waals surface area contributed by atoms with Gasteiger partial charge in [0.1, 0.15) is 0 Å². The van der Waals surface area contributed by atoms with E-state index in [0.29, 0.717) is 13.2 Å². The van der Waals surface area contributed by atoms with Gasteiger partial charge in [-0.05, 0) is 51.4 Å². The predicted octanol–water partition coefficient (Wildman–Crippen LogP) is 3.41. The van der Waals surface area contributed by atoms with Gasteiger partial charge in [-0.25, -0.2) is 4.98 Å². The lowest BCUT2D eigenvalue weighted by molar-refractivity contribution is -0.126. The number of amides is 1. The van der Waals surface area contributed by atoms with Crippen molar-refractivity contribution >= 4 is 17.2 Å². The summed E-state index contributed by atoms with van der Waals surface area (Å²) in [6.07, 6.45) is 2.00. The van der Waals surface area contributed by atoms with Gasteiger partial charge in [-0.2, -0.15) is 0 Å². The molecular weight excluding hydrogens is 346 g/mol. The first kappa shape index (κ1) is 19.0. The van der Waals surface area contributed by atoms with E-state index in [9.17, 15) is 4.79 Å². The number of aromatic nitrogens is 1. The summed E-state index contributed by atoms with van der Waals surface area (Å²) in [7, 11) is 2.01. The van der Waals surface area contributed by atoms with Gasteiger partial charge >= 0.3 is 0 Å². The number of nitrogens with zero attached hydrogens (tertiary/aromatic N) is 2. The van der Waals surface area contributed by atoms with Crippen LogP contribution in [0, 0.1) is 6.92 Å². The summed E-state index contributed by atoms with van der Waals surface area (Å²) in [5.74, 6) is 0.0945. The number of likely N-dealkylation sites (tertiary alicyclic amines) is 1. The average Bonchev–Trinajstić information content (AvgIpc) is 3.27. The maximum absolute atomic E-state index is 12.7. The molecule has 1 N–H and O–H groups in total. The average molecular weight is 374 g/mol. The summed E-state index contributed by atoms with van der Waals surface area (Å²) in [5, 5.41) is 3.19. The fourth-order valence-electron chi connectivity index (χ4n) is 3.41. The second kappa shape index (κ2) is 8.75. The Hall–Kier alpha value is -1.76. The van der Waals surface area contributed by atoms with Crippen molar-refractivity contribution < 1.29 is 9.53 Å². The molecule has 1 aromatic heterocycles. The number of rotatable bonds is 7. The van der Waals surface area contributed by atoms with E-state index >= 15 is 0 Å². The number of nitrogens with one attached hydrogen (secondary N) is 1. The van der Waals surface area contributed by atoms with Gasteiger partial charge < -0.3 is 10.1 Å². The Labute approximate surface area is 159 Å². The highest BCUT2D eigenvalue weighted by Crippen LogP contribution is 2.28. The predicted molar refractivity (Wildman–Crippen MR) is 105 cm³/mol. The zero-order valence-electron chi connectivity index (χ0n) is 15.7. The van der Waals surface area contributed by atoms with E-state index in [1.54, 1.807) is 11.3 Å². The summed E-state index contributed by atoms with van der Waals surface area (Å²) in [4.78, 5) is 20.3. The van der Waals surface area contributed by atoms with Gasteiger partial charge in [-0.3, -0.25) is 9.69 Å². The van der Waals surface area contributed by atoms with Gasteiger partial charge in [0.25, 0.3) is 0 Å². The lowest BCUT2D eigenvalue weighted by Gasteiger charge is -2.24. The molecule has 0 saturated carbocycles. The molecule has 2 unspecified atom stereocenters. The minimum Gasteiger partial charge on any atom is -0.379 e. The van der Waals surface area contributed by atoms with Crippen molar-refractivity contribution in [3.63, 3.8) is 0 Å². The van der Waals surface area contributed by atoms with Crippen molar-refractivity contribution in [3.05, 3.63) is 41.0 Å². The van der Waals surface area contributed by atoms with Crippen molar-refractivity contribution in [1.29, 1.82) is 0 Å². The Morgan fingerprint density at radius 3 is 2.77 bits per heavy atom. The van der Waals surface area contributed by atoms with Crippen molar-refractivity contribution in [2.24, 2.45) is 0 Å². The molecule has 1 aliphatic rings. The highest BCUT2D eigenvalue weighted by Gasteiger charge is 2.29. The summed E-state index contributed by atoms with van der Waals surface area (Å²) in [5.41, 5.74) is 5.14. The molecule has 5 nitrogen and oxygen atoms in total. The molecule has 2 heterocycles. The number of carbonyl (C=O) groups excluding carboxylic acids is 1. The number of aryl methyl sites for hydroxylation is 1. The minimum atomic E-state index is -0.131. The number of carbonyl (C=O) groups is 1. The summed E-state index contributed by atoms with van der Waals surface area (Å²) < 4.78 is 5.63. The molecule has 26 heavy (non-hydrogen) atoms. The number of ether oxygens (including phenoxy) is 1. The molecule has 1 saturated heterocycles. The maximum atomic E-state index is 12.7. The van der Waals surface area contributed by atoms with Crippen molar-refractivity contribution in [3.8, 4) is 10.4 Å². The SMILES string of the molecule is CCOCC(NC(=O)C1CCCN1C)c1ccc(-c2scnc2C)cc1. The lowest BCUT2D eigenvalue weighted by Crippen LogP contribution is -2.43. The number of thiazole rings is 1. The quantitative estimate of drug-likeness (QED) is 0.808.